The SMILES string of the molecule is CCCNC(C)c1ccc(F)cc1-c1cccc(C#N)c1. The fourth-order valence-electron chi connectivity index (χ4n) is 2.38. The van der Waals surface area contributed by atoms with Crippen molar-refractivity contribution in [1.29, 1.82) is 5.26 Å². The van der Waals surface area contributed by atoms with Gasteiger partial charge in [-0.3, -0.25) is 0 Å². The highest BCUT2D eigenvalue weighted by molar-refractivity contribution is 5.69. The normalized spacial score (nSPS) is 11.9. The first kappa shape index (κ1) is 15.2. The molecule has 2 nitrogen and oxygen atoms in total. The van der Waals surface area contributed by atoms with Crippen LogP contribution in [0.5, 0.6) is 0 Å². The highest BCUT2D eigenvalue weighted by Gasteiger charge is 2.13. The van der Waals surface area contributed by atoms with Crippen LogP contribution in [-0.2, 0) is 0 Å². The smallest absolute Gasteiger partial charge is 0.123 e. The molecule has 0 heterocycles. The van der Waals surface area contributed by atoms with Crippen LogP contribution in [0.15, 0.2) is 42.5 Å². The standard InChI is InChI=1S/C18H19FN2/c1-3-9-21-13(2)17-8-7-16(19)11-18(17)15-6-4-5-14(10-15)12-20/h4-8,10-11,13,21H,3,9H2,1-2H3. The zero-order valence-corrected chi connectivity index (χ0v) is 12.4. The number of benzene rings is 2. The summed E-state index contributed by atoms with van der Waals surface area (Å²) in [5.41, 5.74) is 3.33. The Morgan fingerprint density at radius 1 is 1.24 bits per heavy atom. The van der Waals surface area contributed by atoms with Gasteiger partial charge < -0.3 is 5.32 Å². The Labute approximate surface area is 125 Å². The van der Waals surface area contributed by atoms with Crippen LogP contribution < -0.4 is 5.32 Å². The van der Waals surface area contributed by atoms with Gasteiger partial charge in [0.2, 0.25) is 0 Å². The molecule has 0 amide bonds. The van der Waals surface area contributed by atoms with E-state index < -0.39 is 0 Å². The van der Waals surface area contributed by atoms with Crippen molar-refractivity contribution in [3.05, 3.63) is 59.4 Å². The van der Waals surface area contributed by atoms with Gasteiger partial charge in [0.05, 0.1) is 11.6 Å². The molecule has 0 aliphatic rings. The molecule has 2 aromatic rings. The first-order valence-corrected chi connectivity index (χ1v) is 7.19. The van der Waals surface area contributed by atoms with Crippen LogP contribution >= 0.6 is 0 Å². The summed E-state index contributed by atoms with van der Waals surface area (Å²) >= 11 is 0. The molecule has 21 heavy (non-hydrogen) atoms. The maximum atomic E-state index is 13.6. The van der Waals surface area contributed by atoms with Crippen LogP contribution in [0, 0.1) is 17.1 Å². The Kier molecular flexibility index (Phi) is 5.08. The van der Waals surface area contributed by atoms with Crippen molar-refractivity contribution in [2.75, 3.05) is 6.54 Å². The first-order chi connectivity index (χ1) is 10.2. The highest BCUT2D eigenvalue weighted by Crippen LogP contribution is 2.29. The molecule has 2 rings (SSSR count). The molecule has 1 atom stereocenters. The minimum absolute atomic E-state index is 0.131. The number of halogens is 1. The summed E-state index contributed by atoms with van der Waals surface area (Å²) in [6.45, 7) is 5.10. The second-order valence-corrected chi connectivity index (χ2v) is 5.10. The van der Waals surface area contributed by atoms with E-state index in [9.17, 15) is 4.39 Å². The van der Waals surface area contributed by atoms with Gasteiger partial charge in [-0.25, -0.2) is 4.39 Å². The topological polar surface area (TPSA) is 35.8 Å². The second-order valence-electron chi connectivity index (χ2n) is 5.10. The van der Waals surface area contributed by atoms with E-state index >= 15 is 0 Å². The Hall–Kier alpha value is -2.18. The fourth-order valence-corrected chi connectivity index (χ4v) is 2.38. The lowest BCUT2D eigenvalue weighted by atomic mass is 9.94. The molecule has 0 aromatic heterocycles. The van der Waals surface area contributed by atoms with E-state index in [0.717, 1.165) is 29.7 Å². The molecule has 1 N–H and O–H groups in total. The van der Waals surface area contributed by atoms with Crippen LogP contribution in [0.3, 0.4) is 0 Å². The molecule has 108 valence electrons. The summed E-state index contributed by atoms with van der Waals surface area (Å²) in [7, 11) is 0. The van der Waals surface area contributed by atoms with E-state index in [2.05, 4.69) is 25.2 Å². The first-order valence-electron chi connectivity index (χ1n) is 7.19. The van der Waals surface area contributed by atoms with Crippen molar-refractivity contribution in [3.8, 4) is 17.2 Å². The monoisotopic (exact) mass is 282 g/mol. The van der Waals surface area contributed by atoms with Gasteiger partial charge in [0.1, 0.15) is 5.82 Å². The number of hydrogen-bond donors (Lipinski definition) is 1. The zero-order chi connectivity index (χ0) is 15.2. The lowest BCUT2D eigenvalue weighted by Crippen LogP contribution is -2.20. The zero-order valence-electron chi connectivity index (χ0n) is 12.4. The predicted molar refractivity (Wildman–Crippen MR) is 83.3 cm³/mol. The largest absolute Gasteiger partial charge is 0.310 e. The van der Waals surface area contributed by atoms with Gasteiger partial charge in [-0.2, -0.15) is 5.26 Å². The Morgan fingerprint density at radius 3 is 2.76 bits per heavy atom. The second kappa shape index (κ2) is 7.01. The summed E-state index contributed by atoms with van der Waals surface area (Å²) in [5, 5.41) is 12.4. The third kappa shape index (κ3) is 3.68. The summed E-state index contributed by atoms with van der Waals surface area (Å²) in [6.07, 6.45) is 1.05. The molecule has 0 aliphatic carbocycles. The number of hydrogen-bond acceptors (Lipinski definition) is 2. The molecule has 0 radical (unpaired) electrons. The molecule has 0 spiro atoms. The van der Waals surface area contributed by atoms with Crippen molar-refractivity contribution in [3.63, 3.8) is 0 Å². The lowest BCUT2D eigenvalue weighted by molar-refractivity contribution is 0.569. The third-order valence-electron chi connectivity index (χ3n) is 3.49. The number of nitrogens with zero attached hydrogens (tertiary/aromatic N) is 1. The van der Waals surface area contributed by atoms with Crippen LogP contribution in [-0.4, -0.2) is 6.54 Å². The summed E-state index contributed by atoms with van der Waals surface area (Å²) in [4.78, 5) is 0. The Balaban J connectivity index is 2.46. The van der Waals surface area contributed by atoms with E-state index in [-0.39, 0.29) is 11.9 Å². The molecule has 0 aliphatic heterocycles. The third-order valence-corrected chi connectivity index (χ3v) is 3.49. The molecular weight excluding hydrogens is 263 g/mol. The summed E-state index contributed by atoms with van der Waals surface area (Å²) in [6, 6.07) is 14.4. The summed E-state index contributed by atoms with van der Waals surface area (Å²) < 4.78 is 13.6. The Morgan fingerprint density at radius 2 is 2.05 bits per heavy atom. The minimum Gasteiger partial charge on any atom is -0.310 e. The van der Waals surface area contributed by atoms with Gasteiger partial charge in [-0.05, 0) is 60.8 Å². The molecule has 0 bridgehead atoms. The summed E-state index contributed by atoms with van der Waals surface area (Å²) in [5.74, 6) is -0.265. The van der Waals surface area contributed by atoms with E-state index in [1.165, 1.54) is 12.1 Å². The van der Waals surface area contributed by atoms with E-state index in [0.29, 0.717) is 5.56 Å². The van der Waals surface area contributed by atoms with E-state index in [1.54, 1.807) is 12.1 Å². The molecule has 3 heteroatoms. The van der Waals surface area contributed by atoms with Gasteiger partial charge in [-0.1, -0.05) is 25.1 Å². The molecule has 0 fully saturated rings. The maximum absolute atomic E-state index is 13.6. The quantitative estimate of drug-likeness (QED) is 0.881. The molecule has 1 unspecified atom stereocenters. The van der Waals surface area contributed by atoms with Crippen LogP contribution in [0.25, 0.3) is 11.1 Å². The average Bonchev–Trinajstić information content (AvgIpc) is 2.52. The fraction of sp³-hybridized carbons (Fsp3) is 0.278. The minimum atomic E-state index is -0.265. The van der Waals surface area contributed by atoms with Crippen LogP contribution in [0.4, 0.5) is 4.39 Å². The molecule has 0 saturated heterocycles. The maximum Gasteiger partial charge on any atom is 0.123 e. The van der Waals surface area contributed by atoms with E-state index in [4.69, 9.17) is 5.26 Å². The van der Waals surface area contributed by atoms with Gasteiger partial charge in [0.25, 0.3) is 0 Å². The van der Waals surface area contributed by atoms with Crippen molar-refractivity contribution in [1.82, 2.24) is 5.32 Å². The molecule has 2 aromatic carbocycles. The molecular formula is C18H19FN2. The predicted octanol–water partition coefficient (Wildman–Crippen LogP) is 4.42. The highest BCUT2D eigenvalue weighted by atomic mass is 19.1. The molecule has 0 saturated carbocycles. The number of rotatable bonds is 5. The van der Waals surface area contributed by atoms with Gasteiger partial charge in [-0.15, -0.1) is 0 Å². The van der Waals surface area contributed by atoms with E-state index in [1.807, 2.05) is 18.2 Å². The van der Waals surface area contributed by atoms with Crippen LogP contribution in [0.2, 0.25) is 0 Å². The van der Waals surface area contributed by atoms with Crippen molar-refractivity contribution < 1.29 is 4.39 Å². The number of nitrogens with one attached hydrogen (secondary N) is 1. The van der Waals surface area contributed by atoms with Crippen molar-refractivity contribution >= 4 is 0 Å². The number of nitriles is 1. The van der Waals surface area contributed by atoms with Gasteiger partial charge >= 0.3 is 0 Å². The van der Waals surface area contributed by atoms with Gasteiger partial charge in [0.15, 0.2) is 0 Å². The Bertz CT molecular complexity index is 659. The van der Waals surface area contributed by atoms with Crippen LogP contribution in [0.1, 0.15) is 37.4 Å². The van der Waals surface area contributed by atoms with Gasteiger partial charge in [0, 0.05) is 6.04 Å². The van der Waals surface area contributed by atoms with Crippen molar-refractivity contribution in [2.45, 2.75) is 26.3 Å². The van der Waals surface area contributed by atoms with Crippen molar-refractivity contribution in [2.24, 2.45) is 0 Å². The average molecular weight is 282 g/mol. The lowest BCUT2D eigenvalue weighted by Gasteiger charge is -2.18.